The number of amides is 2. The summed E-state index contributed by atoms with van der Waals surface area (Å²) in [7, 11) is -3.92. The van der Waals surface area contributed by atoms with Gasteiger partial charge in [-0.2, -0.15) is 0 Å². The van der Waals surface area contributed by atoms with Gasteiger partial charge < -0.3 is 20.1 Å². The number of benzene rings is 1. The first-order valence-corrected chi connectivity index (χ1v) is 11.7. The quantitative estimate of drug-likeness (QED) is 0.433. The minimum Gasteiger partial charge on any atom is -0.748 e. The van der Waals surface area contributed by atoms with Crippen LogP contribution in [0.4, 0.5) is 11.6 Å². The Bertz CT molecular complexity index is 1270. The number of rotatable bonds is 5. The molecule has 0 aliphatic heterocycles. The summed E-state index contributed by atoms with van der Waals surface area (Å²) in [6, 6.07) is 8.93. The highest BCUT2D eigenvalue weighted by atomic mass is 32.2. The summed E-state index contributed by atoms with van der Waals surface area (Å²) in [5, 5.41) is 6.61. The third kappa shape index (κ3) is 8.26. The van der Waals surface area contributed by atoms with Crippen molar-refractivity contribution in [2.45, 2.75) is 32.6 Å². The van der Waals surface area contributed by atoms with Gasteiger partial charge in [-0.25, -0.2) is 18.4 Å². The number of H-pyrrole nitrogens is 1. The van der Waals surface area contributed by atoms with Crippen LogP contribution in [0.2, 0.25) is 0 Å². The Kier molecular flexibility index (Phi) is 8.08. The van der Waals surface area contributed by atoms with E-state index in [1.807, 2.05) is 20.8 Å². The second kappa shape index (κ2) is 10.4. The van der Waals surface area contributed by atoms with Gasteiger partial charge in [0.25, 0.3) is 5.91 Å². The first-order chi connectivity index (χ1) is 15.6. The highest BCUT2D eigenvalue weighted by Gasteiger charge is 2.20. The van der Waals surface area contributed by atoms with Gasteiger partial charge in [0.2, 0.25) is 11.6 Å². The highest BCUT2D eigenvalue weighted by Crippen LogP contribution is 2.24. The lowest BCUT2D eigenvalue weighted by Gasteiger charge is -2.12. The number of nitrogens with zero attached hydrogens (tertiary/aromatic N) is 2. The lowest BCUT2D eigenvalue weighted by Crippen LogP contribution is -2.23. The van der Waals surface area contributed by atoms with Crippen LogP contribution >= 0.6 is 0 Å². The Morgan fingerprint density at radius 2 is 1.79 bits per heavy atom. The molecule has 3 aromatic rings. The third-order valence-electron chi connectivity index (χ3n) is 4.22. The van der Waals surface area contributed by atoms with Crippen molar-refractivity contribution in [1.82, 2.24) is 10.1 Å². The minimum atomic E-state index is -3.92. The molecular weight excluding hydrogens is 464 g/mol. The van der Waals surface area contributed by atoms with Crippen molar-refractivity contribution in [2.24, 2.45) is 5.73 Å². The molecule has 0 spiro atoms. The molecule has 6 N–H and O–H groups in total. The van der Waals surface area contributed by atoms with Crippen LogP contribution in [0.1, 0.15) is 42.6 Å². The molecule has 34 heavy (non-hydrogen) atoms. The number of carbonyl (C=O) groups excluding carboxylic acids is 2. The normalized spacial score (nSPS) is 11.3. The Hall–Kier alpha value is -3.84. The van der Waals surface area contributed by atoms with E-state index in [4.69, 9.17) is 29.0 Å². The van der Waals surface area contributed by atoms with E-state index >= 15 is 0 Å². The molecule has 0 saturated heterocycles. The maximum absolute atomic E-state index is 12.3. The van der Waals surface area contributed by atoms with E-state index in [2.05, 4.69) is 20.4 Å². The molecule has 0 fully saturated rings. The van der Waals surface area contributed by atoms with Crippen LogP contribution in [0.25, 0.3) is 11.3 Å². The fourth-order valence-electron chi connectivity index (χ4n) is 2.62. The van der Waals surface area contributed by atoms with Crippen LogP contribution in [0.15, 0.2) is 41.1 Å². The average molecular weight is 491 g/mol. The molecule has 1 aromatic carbocycles. The summed E-state index contributed by atoms with van der Waals surface area (Å²) >= 11 is 0. The van der Waals surface area contributed by atoms with E-state index in [0.717, 1.165) is 11.1 Å². The maximum Gasteiger partial charge on any atom is 0.302 e. The van der Waals surface area contributed by atoms with Crippen molar-refractivity contribution >= 4 is 33.6 Å². The van der Waals surface area contributed by atoms with Gasteiger partial charge in [-0.15, -0.1) is 0 Å². The molecule has 0 aliphatic rings. The predicted octanol–water partition coefficient (Wildman–Crippen LogP) is 0.872. The molecule has 0 atom stereocenters. The number of nitrogens with two attached hydrogens (primary N) is 2. The molecule has 0 aliphatic carbocycles. The van der Waals surface area contributed by atoms with E-state index in [1.165, 1.54) is 0 Å². The number of nitrogen functional groups attached to an aromatic ring is 1. The van der Waals surface area contributed by atoms with Gasteiger partial charge in [-0.1, -0.05) is 50.2 Å². The first-order valence-electron chi connectivity index (χ1n) is 9.88. The molecule has 0 saturated carbocycles. The number of aromatic nitrogens is 3. The van der Waals surface area contributed by atoms with Crippen LogP contribution < -0.4 is 21.8 Å². The lowest BCUT2D eigenvalue weighted by molar-refractivity contribution is -0.360. The number of hydrogen-bond donors (Lipinski definition) is 3. The second-order valence-corrected chi connectivity index (χ2v) is 9.77. The predicted molar refractivity (Wildman–Crippen MR) is 122 cm³/mol. The van der Waals surface area contributed by atoms with E-state index < -0.39 is 16.0 Å². The summed E-state index contributed by atoms with van der Waals surface area (Å²) in [4.78, 5) is 30.6. The average Bonchev–Trinajstić information content (AvgIpc) is 3.16. The number of aromatic amines is 1. The second-order valence-electron chi connectivity index (χ2n) is 8.36. The van der Waals surface area contributed by atoms with Crippen molar-refractivity contribution in [3.8, 4) is 11.3 Å². The number of carbonyl (C=O) groups is 2. The summed E-state index contributed by atoms with van der Waals surface area (Å²) in [6.07, 6.45) is 2.36. The van der Waals surface area contributed by atoms with Crippen molar-refractivity contribution in [1.29, 1.82) is 0 Å². The standard InChI is InChI=1S/C20H22N6O3.CH4O3S/c1-20(2,3)14-9-15(26-29-14)25-16(27)8-11-4-6-12(7-5-11)13-10-23-18(21)17(24-13)19(22)28;1-5(2,3)4/h4-7,9-10H,8H2,1-3H3,(H2,21,23)(H2,22,28)(H,25,26,27);1H3,(H,2,3,4). The molecule has 0 unspecified atom stereocenters. The van der Waals surface area contributed by atoms with Gasteiger partial charge in [0, 0.05) is 23.3 Å². The lowest BCUT2D eigenvalue weighted by atomic mass is 9.93. The van der Waals surface area contributed by atoms with Gasteiger partial charge in [-0.3, -0.25) is 15.3 Å². The minimum absolute atomic E-state index is 0.0202. The van der Waals surface area contributed by atoms with Crippen molar-refractivity contribution in [3.63, 3.8) is 0 Å². The first kappa shape index (κ1) is 26.4. The van der Waals surface area contributed by atoms with Crippen LogP contribution in [0, 0.1) is 0 Å². The van der Waals surface area contributed by atoms with E-state index in [1.54, 1.807) is 36.5 Å². The number of nitrogens with one attached hydrogen (secondary N) is 2. The van der Waals surface area contributed by atoms with Crippen LogP contribution in [-0.4, -0.2) is 41.2 Å². The molecule has 2 aromatic heterocycles. The van der Waals surface area contributed by atoms with Crippen molar-refractivity contribution < 1.29 is 32.1 Å². The molecule has 12 nitrogen and oxygen atoms in total. The molecule has 2 amide bonds. The van der Waals surface area contributed by atoms with Crippen molar-refractivity contribution in [2.75, 3.05) is 17.3 Å². The highest BCUT2D eigenvalue weighted by molar-refractivity contribution is 7.84. The number of hydrogen-bond acceptors (Lipinski definition) is 9. The Morgan fingerprint density at radius 1 is 1.21 bits per heavy atom. The smallest absolute Gasteiger partial charge is 0.302 e. The van der Waals surface area contributed by atoms with Crippen LogP contribution in [0.5, 0.6) is 0 Å². The molecular formula is C21H26N6O6S. The summed E-state index contributed by atoms with van der Waals surface area (Å²) in [5.74, 6) is 0.271. The molecule has 182 valence electrons. The topological polar surface area (TPSA) is 208 Å². The Labute approximate surface area is 196 Å². The zero-order valence-corrected chi connectivity index (χ0v) is 19.9. The third-order valence-corrected chi connectivity index (χ3v) is 4.22. The zero-order chi connectivity index (χ0) is 25.7. The van der Waals surface area contributed by atoms with E-state index in [9.17, 15) is 9.59 Å². The largest absolute Gasteiger partial charge is 0.748 e. The Balaban J connectivity index is 0.000000739. The fourth-order valence-corrected chi connectivity index (χ4v) is 2.62. The SMILES string of the molecule is CC(C)(C)c1cc(NC(=O)Cc2ccc(-c3c[nH+]c(N)c(C(N)=O)n3)cc2)no1.CS(=O)(=O)[O-]. The van der Waals surface area contributed by atoms with Crippen LogP contribution in [0.3, 0.4) is 0 Å². The van der Waals surface area contributed by atoms with Gasteiger partial charge in [-0.05, 0) is 5.56 Å². The maximum atomic E-state index is 12.3. The molecule has 3 rings (SSSR count). The van der Waals surface area contributed by atoms with Crippen molar-refractivity contribution in [3.05, 3.63) is 53.5 Å². The Morgan fingerprint density at radius 3 is 2.29 bits per heavy atom. The van der Waals surface area contributed by atoms with E-state index in [-0.39, 0.29) is 29.3 Å². The summed E-state index contributed by atoms with van der Waals surface area (Å²) in [6.45, 7) is 6.00. The molecule has 0 radical (unpaired) electrons. The van der Waals surface area contributed by atoms with E-state index in [0.29, 0.717) is 23.5 Å². The molecule has 13 heteroatoms. The number of anilines is 2. The molecule has 0 bridgehead atoms. The van der Waals surface area contributed by atoms with Gasteiger partial charge >= 0.3 is 5.82 Å². The number of primary amides is 1. The summed E-state index contributed by atoms with van der Waals surface area (Å²) < 4.78 is 32.5. The zero-order valence-electron chi connectivity index (χ0n) is 19.1. The van der Waals surface area contributed by atoms with Gasteiger partial charge in [0.15, 0.2) is 5.82 Å². The van der Waals surface area contributed by atoms with Gasteiger partial charge in [0.1, 0.15) is 17.7 Å². The monoisotopic (exact) mass is 490 g/mol. The summed E-state index contributed by atoms with van der Waals surface area (Å²) in [5.41, 5.74) is 12.8. The fraction of sp³-hybridized carbons (Fsp3) is 0.286. The van der Waals surface area contributed by atoms with Crippen LogP contribution in [-0.2, 0) is 26.7 Å². The molecule has 2 heterocycles. The van der Waals surface area contributed by atoms with Gasteiger partial charge in [0.05, 0.1) is 16.5 Å².